The molecule has 0 radical (unpaired) electrons. The maximum Gasteiger partial charge on any atom is 0.248 e. The molecule has 0 saturated heterocycles. The first-order chi connectivity index (χ1) is 12.5. The number of hydrogen-bond acceptors (Lipinski definition) is 3. The predicted octanol–water partition coefficient (Wildman–Crippen LogP) is 3.25. The van der Waals surface area contributed by atoms with Gasteiger partial charge in [-0.05, 0) is 47.9 Å². The van der Waals surface area contributed by atoms with Crippen LogP contribution >= 0.6 is 0 Å². The number of hydrogen-bond donors (Lipinski definition) is 1. The summed E-state index contributed by atoms with van der Waals surface area (Å²) < 4.78 is 5.53. The van der Waals surface area contributed by atoms with Crippen molar-refractivity contribution >= 4 is 17.9 Å². The predicted molar refractivity (Wildman–Crippen MR) is 103 cm³/mol. The van der Waals surface area contributed by atoms with Crippen LogP contribution in [0.1, 0.15) is 34.8 Å². The first kappa shape index (κ1) is 19.2. The lowest BCUT2D eigenvalue weighted by Gasteiger charge is -2.15. The molecular formula is C21H24N2O3. The van der Waals surface area contributed by atoms with Crippen LogP contribution in [0, 0.1) is 0 Å². The van der Waals surface area contributed by atoms with Gasteiger partial charge in [-0.15, -0.1) is 0 Å². The van der Waals surface area contributed by atoms with Crippen LogP contribution in [-0.2, 0) is 11.3 Å². The smallest absolute Gasteiger partial charge is 0.248 e. The minimum absolute atomic E-state index is 0.124. The maximum absolute atomic E-state index is 12.3. The van der Waals surface area contributed by atoms with Crippen molar-refractivity contribution in [1.29, 1.82) is 0 Å². The highest BCUT2D eigenvalue weighted by atomic mass is 16.5. The topological polar surface area (TPSA) is 72.6 Å². The minimum Gasteiger partial charge on any atom is -0.494 e. The highest BCUT2D eigenvalue weighted by molar-refractivity contribution is 5.93. The Balaban J connectivity index is 1.94. The number of amides is 2. The normalized spacial score (nSPS) is 10.7. The molecule has 2 rings (SSSR count). The lowest BCUT2D eigenvalue weighted by Crippen LogP contribution is -2.24. The molecule has 5 heteroatoms. The zero-order valence-electron chi connectivity index (χ0n) is 15.1. The SMILES string of the molecule is CCCOc1ccc(C=CC(=O)N(C)Cc2cccc(C(N)=O)c2)cc1. The van der Waals surface area contributed by atoms with E-state index in [-0.39, 0.29) is 5.91 Å². The summed E-state index contributed by atoms with van der Waals surface area (Å²) in [6.45, 7) is 3.15. The summed E-state index contributed by atoms with van der Waals surface area (Å²) in [5.74, 6) is 0.217. The number of rotatable bonds is 8. The van der Waals surface area contributed by atoms with Gasteiger partial charge in [0.1, 0.15) is 5.75 Å². The van der Waals surface area contributed by atoms with E-state index >= 15 is 0 Å². The van der Waals surface area contributed by atoms with Gasteiger partial charge < -0.3 is 15.4 Å². The number of carbonyl (C=O) groups is 2. The number of likely N-dealkylation sites (N-methyl/N-ethyl adjacent to an activating group) is 1. The van der Waals surface area contributed by atoms with Crippen molar-refractivity contribution in [3.8, 4) is 5.75 Å². The lowest BCUT2D eigenvalue weighted by molar-refractivity contribution is -0.125. The Bertz CT molecular complexity index is 782. The van der Waals surface area contributed by atoms with E-state index < -0.39 is 5.91 Å². The molecule has 2 aromatic carbocycles. The second-order valence-corrected chi connectivity index (χ2v) is 6.01. The number of nitrogens with zero attached hydrogens (tertiary/aromatic N) is 1. The van der Waals surface area contributed by atoms with Crippen LogP contribution in [0.5, 0.6) is 5.75 Å². The molecule has 0 aliphatic carbocycles. The molecule has 0 saturated carbocycles. The molecule has 136 valence electrons. The summed E-state index contributed by atoms with van der Waals surface area (Å²) in [5, 5.41) is 0. The molecule has 5 nitrogen and oxygen atoms in total. The zero-order chi connectivity index (χ0) is 18.9. The molecule has 0 atom stereocenters. The van der Waals surface area contributed by atoms with Crippen molar-refractivity contribution in [1.82, 2.24) is 4.90 Å². The fraction of sp³-hybridized carbons (Fsp3) is 0.238. The molecule has 0 aromatic heterocycles. The third kappa shape index (κ3) is 5.77. The third-order valence-corrected chi connectivity index (χ3v) is 3.78. The van der Waals surface area contributed by atoms with Crippen LogP contribution in [0.15, 0.2) is 54.6 Å². The summed E-state index contributed by atoms with van der Waals surface area (Å²) in [7, 11) is 1.71. The number of ether oxygens (including phenoxy) is 1. The van der Waals surface area contributed by atoms with Crippen molar-refractivity contribution in [2.75, 3.05) is 13.7 Å². The van der Waals surface area contributed by atoms with Crippen LogP contribution in [-0.4, -0.2) is 30.4 Å². The lowest BCUT2D eigenvalue weighted by atomic mass is 10.1. The van der Waals surface area contributed by atoms with E-state index in [1.54, 1.807) is 36.2 Å². The van der Waals surface area contributed by atoms with Gasteiger partial charge in [0.2, 0.25) is 11.8 Å². The molecule has 0 fully saturated rings. The van der Waals surface area contributed by atoms with Crippen molar-refractivity contribution < 1.29 is 14.3 Å². The zero-order valence-corrected chi connectivity index (χ0v) is 15.1. The van der Waals surface area contributed by atoms with Crippen molar-refractivity contribution in [2.45, 2.75) is 19.9 Å². The summed E-state index contributed by atoms with van der Waals surface area (Å²) >= 11 is 0. The Hall–Kier alpha value is -3.08. The summed E-state index contributed by atoms with van der Waals surface area (Å²) in [4.78, 5) is 25.1. The van der Waals surface area contributed by atoms with Gasteiger partial charge in [-0.25, -0.2) is 0 Å². The Kier molecular flexibility index (Phi) is 6.97. The first-order valence-electron chi connectivity index (χ1n) is 8.54. The van der Waals surface area contributed by atoms with Gasteiger partial charge in [0, 0.05) is 25.2 Å². The molecular weight excluding hydrogens is 328 g/mol. The number of nitrogens with two attached hydrogens (primary N) is 1. The summed E-state index contributed by atoms with van der Waals surface area (Å²) in [5.41, 5.74) is 7.49. The van der Waals surface area contributed by atoms with E-state index in [0.29, 0.717) is 18.7 Å². The summed E-state index contributed by atoms with van der Waals surface area (Å²) in [6.07, 6.45) is 4.26. The summed E-state index contributed by atoms with van der Waals surface area (Å²) in [6, 6.07) is 14.6. The maximum atomic E-state index is 12.3. The average molecular weight is 352 g/mol. The van der Waals surface area contributed by atoms with Gasteiger partial charge >= 0.3 is 0 Å². The number of benzene rings is 2. The number of primary amides is 1. The molecule has 0 bridgehead atoms. The Morgan fingerprint density at radius 3 is 2.54 bits per heavy atom. The van der Waals surface area contributed by atoms with Gasteiger partial charge in [0.05, 0.1) is 6.61 Å². The van der Waals surface area contributed by atoms with Gasteiger partial charge in [0.15, 0.2) is 0 Å². The molecule has 2 aromatic rings. The fourth-order valence-corrected chi connectivity index (χ4v) is 2.36. The van der Waals surface area contributed by atoms with Crippen LogP contribution in [0.25, 0.3) is 6.08 Å². The minimum atomic E-state index is -0.480. The van der Waals surface area contributed by atoms with Crippen molar-refractivity contribution in [3.63, 3.8) is 0 Å². The van der Waals surface area contributed by atoms with Crippen LogP contribution < -0.4 is 10.5 Å². The van der Waals surface area contributed by atoms with E-state index in [2.05, 4.69) is 6.92 Å². The van der Waals surface area contributed by atoms with Crippen molar-refractivity contribution in [3.05, 3.63) is 71.3 Å². The first-order valence-corrected chi connectivity index (χ1v) is 8.54. The van der Waals surface area contributed by atoms with Crippen LogP contribution in [0.4, 0.5) is 0 Å². The largest absolute Gasteiger partial charge is 0.494 e. The molecule has 0 heterocycles. The van der Waals surface area contributed by atoms with Crippen LogP contribution in [0.2, 0.25) is 0 Å². The highest BCUT2D eigenvalue weighted by Gasteiger charge is 2.07. The van der Waals surface area contributed by atoms with Gasteiger partial charge in [-0.2, -0.15) is 0 Å². The molecule has 2 N–H and O–H groups in total. The highest BCUT2D eigenvalue weighted by Crippen LogP contribution is 2.14. The molecule has 0 spiro atoms. The van der Waals surface area contributed by atoms with E-state index in [1.807, 2.05) is 30.3 Å². The standard InChI is InChI=1S/C21H24N2O3/c1-3-13-26-19-10-7-16(8-11-19)9-12-20(24)23(2)15-17-5-4-6-18(14-17)21(22)25/h4-12,14H,3,13,15H2,1-2H3,(H2,22,25). The Morgan fingerprint density at radius 2 is 1.88 bits per heavy atom. The fourth-order valence-electron chi connectivity index (χ4n) is 2.36. The molecule has 0 aliphatic heterocycles. The number of carbonyl (C=O) groups excluding carboxylic acids is 2. The second kappa shape index (κ2) is 9.42. The van der Waals surface area contributed by atoms with Gasteiger partial charge in [-0.1, -0.05) is 31.2 Å². The monoisotopic (exact) mass is 352 g/mol. The Morgan fingerprint density at radius 1 is 1.15 bits per heavy atom. The van der Waals surface area contributed by atoms with E-state index in [4.69, 9.17) is 10.5 Å². The quantitative estimate of drug-likeness (QED) is 0.741. The van der Waals surface area contributed by atoms with Crippen LogP contribution in [0.3, 0.4) is 0 Å². The van der Waals surface area contributed by atoms with E-state index in [0.717, 1.165) is 23.3 Å². The molecule has 0 aliphatic rings. The van der Waals surface area contributed by atoms with Gasteiger partial charge in [0.25, 0.3) is 0 Å². The van der Waals surface area contributed by atoms with Crippen molar-refractivity contribution in [2.24, 2.45) is 5.73 Å². The average Bonchev–Trinajstić information content (AvgIpc) is 2.65. The van der Waals surface area contributed by atoms with Gasteiger partial charge in [-0.3, -0.25) is 9.59 Å². The Labute approximate surface area is 154 Å². The van der Waals surface area contributed by atoms with E-state index in [9.17, 15) is 9.59 Å². The third-order valence-electron chi connectivity index (χ3n) is 3.78. The molecule has 2 amide bonds. The molecule has 26 heavy (non-hydrogen) atoms. The second-order valence-electron chi connectivity index (χ2n) is 6.01. The van der Waals surface area contributed by atoms with E-state index in [1.165, 1.54) is 6.08 Å². The molecule has 0 unspecified atom stereocenters.